The van der Waals surface area contributed by atoms with Crippen molar-refractivity contribution < 1.29 is 13.8 Å². The number of benzene rings is 2. The van der Waals surface area contributed by atoms with Crippen LogP contribution in [0.1, 0.15) is 18.1 Å². The maximum absolute atomic E-state index is 12.9. The lowest BCUT2D eigenvalue weighted by molar-refractivity contribution is 0.331. The second-order valence-electron chi connectivity index (χ2n) is 5.27. The highest BCUT2D eigenvalue weighted by Crippen LogP contribution is 2.44. The molecule has 1 unspecified atom stereocenters. The van der Waals surface area contributed by atoms with E-state index in [2.05, 4.69) is 5.09 Å². The minimum atomic E-state index is -3.07. The van der Waals surface area contributed by atoms with E-state index in [0.29, 0.717) is 13.2 Å². The highest BCUT2D eigenvalue weighted by molar-refractivity contribution is 7.60. The molecule has 0 radical (unpaired) electrons. The molecular weight excluding hydrogens is 333 g/mol. The van der Waals surface area contributed by atoms with Crippen LogP contribution in [0.3, 0.4) is 0 Å². The SMILES string of the molecule is CCOP(=O)(/C=C/C=C/c1ccccc1)NCc1ccccc1OC. The molecule has 4 nitrogen and oxygen atoms in total. The van der Waals surface area contributed by atoms with Gasteiger partial charge in [0.15, 0.2) is 0 Å². The minimum Gasteiger partial charge on any atom is -0.496 e. The van der Waals surface area contributed by atoms with E-state index in [1.807, 2.05) is 73.7 Å². The molecule has 0 saturated heterocycles. The molecule has 0 saturated carbocycles. The third-order valence-corrected chi connectivity index (χ3v) is 5.29. The second-order valence-corrected chi connectivity index (χ2v) is 7.34. The molecule has 25 heavy (non-hydrogen) atoms. The van der Waals surface area contributed by atoms with Crippen molar-refractivity contribution in [1.82, 2.24) is 5.09 Å². The normalized spacial score (nSPS) is 14.0. The Morgan fingerprint density at radius 2 is 1.76 bits per heavy atom. The van der Waals surface area contributed by atoms with Gasteiger partial charge in [-0.1, -0.05) is 66.8 Å². The molecule has 1 N–H and O–H groups in total. The Balaban J connectivity index is 2.03. The van der Waals surface area contributed by atoms with E-state index in [1.165, 1.54) is 0 Å². The molecule has 0 aromatic heterocycles. The van der Waals surface area contributed by atoms with Crippen LogP contribution in [0.25, 0.3) is 6.08 Å². The Hall–Kier alpha value is -2.13. The van der Waals surface area contributed by atoms with Gasteiger partial charge in [0.25, 0.3) is 7.52 Å². The van der Waals surface area contributed by atoms with Crippen LogP contribution in [0.5, 0.6) is 5.75 Å². The van der Waals surface area contributed by atoms with Crippen molar-refractivity contribution >= 4 is 13.6 Å². The first-order valence-electron chi connectivity index (χ1n) is 8.19. The fourth-order valence-corrected chi connectivity index (χ4v) is 3.65. The zero-order valence-electron chi connectivity index (χ0n) is 14.6. The average molecular weight is 357 g/mol. The number of allylic oxidation sites excluding steroid dienone is 2. The van der Waals surface area contributed by atoms with E-state index < -0.39 is 7.52 Å². The number of methoxy groups -OCH3 is 1. The third-order valence-electron chi connectivity index (χ3n) is 3.48. The van der Waals surface area contributed by atoms with Gasteiger partial charge >= 0.3 is 0 Å². The Kier molecular flexibility index (Phi) is 7.68. The molecule has 2 aromatic rings. The number of rotatable bonds is 9. The summed E-state index contributed by atoms with van der Waals surface area (Å²) in [6.45, 7) is 2.59. The van der Waals surface area contributed by atoms with Crippen LogP contribution >= 0.6 is 7.52 Å². The molecule has 0 heterocycles. The molecular formula is C20H24NO3P. The second kappa shape index (κ2) is 10.00. The van der Waals surface area contributed by atoms with Crippen LogP contribution in [0.2, 0.25) is 0 Å². The summed E-state index contributed by atoms with van der Waals surface area (Å²) in [5.74, 6) is 2.34. The van der Waals surface area contributed by atoms with Gasteiger partial charge in [-0.3, -0.25) is 4.57 Å². The number of ether oxygens (including phenoxy) is 1. The van der Waals surface area contributed by atoms with E-state index in [1.54, 1.807) is 19.0 Å². The topological polar surface area (TPSA) is 47.6 Å². The molecule has 0 spiro atoms. The highest BCUT2D eigenvalue weighted by atomic mass is 31.2. The van der Waals surface area contributed by atoms with Crippen molar-refractivity contribution in [2.24, 2.45) is 0 Å². The van der Waals surface area contributed by atoms with E-state index in [0.717, 1.165) is 16.9 Å². The van der Waals surface area contributed by atoms with Crippen LogP contribution in [0, 0.1) is 0 Å². The van der Waals surface area contributed by atoms with Gasteiger partial charge in [0.1, 0.15) is 5.75 Å². The maximum atomic E-state index is 12.9. The molecule has 5 heteroatoms. The Morgan fingerprint density at radius 3 is 2.48 bits per heavy atom. The molecule has 132 valence electrons. The van der Waals surface area contributed by atoms with Gasteiger partial charge in [0.05, 0.1) is 13.7 Å². The molecule has 2 aromatic carbocycles. The van der Waals surface area contributed by atoms with Gasteiger partial charge in [0.2, 0.25) is 0 Å². The molecule has 0 bridgehead atoms. The fraction of sp³-hybridized carbons (Fsp3) is 0.200. The van der Waals surface area contributed by atoms with Crippen molar-refractivity contribution in [3.05, 3.63) is 83.7 Å². The van der Waals surface area contributed by atoms with Gasteiger partial charge in [-0.25, -0.2) is 5.09 Å². The van der Waals surface area contributed by atoms with Crippen LogP contribution < -0.4 is 9.82 Å². The van der Waals surface area contributed by atoms with Gasteiger partial charge in [-0.05, 0) is 18.6 Å². The molecule has 0 aliphatic carbocycles. The zero-order chi connectivity index (χ0) is 18.0. The van der Waals surface area contributed by atoms with Gasteiger partial charge < -0.3 is 9.26 Å². The lowest BCUT2D eigenvalue weighted by Crippen LogP contribution is -2.11. The van der Waals surface area contributed by atoms with Crippen LogP contribution in [-0.4, -0.2) is 13.7 Å². The molecule has 0 aliphatic rings. The predicted molar refractivity (Wildman–Crippen MR) is 104 cm³/mol. The van der Waals surface area contributed by atoms with Gasteiger partial charge in [-0.2, -0.15) is 0 Å². The zero-order valence-corrected chi connectivity index (χ0v) is 15.5. The Labute approximate surface area is 149 Å². The van der Waals surface area contributed by atoms with Crippen molar-refractivity contribution in [2.45, 2.75) is 13.5 Å². The largest absolute Gasteiger partial charge is 0.496 e. The van der Waals surface area contributed by atoms with Gasteiger partial charge in [-0.15, -0.1) is 0 Å². The van der Waals surface area contributed by atoms with Gasteiger partial charge in [0, 0.05) is 17.9 Å². The number of nitrogens with one attached hydrogen (secondary N) is 1. The Morgan fingerprint density at radius 1 is 1.04 bits per heavy atom. The summed E-state index contributed by atoms with van der Waals surface area (Å²) in [5.41, 5.74) is 2.01. The van der Waals surface area contributed by atoms with E-state index in [9.17, 15) is 4.57 Å². The van der Waals surface area contributed by atoms with Crippen LogP contribution in [-0.2, 0) is 15.6 Å². The van der Waals surface area contributed by atoms with E-state index >= 15 is 0 Å². The summed E-state index contributed by atoms with van der Waals surface area (Å²) in [6, 6.07) is 17.6. The fourth-order valence-electron chi connectivity index (χ4n) is 2.27. The monoisotopic (exact) mass is 357 g/mol. The smallest absolute Gasteiger partial charge is 0.292 e. The van der Waals surface area contributed by atoms with E-state index in [4.69, 9.17) is 9.26 Å². The lowest BCUT2D eigenvalue weighted by Gasteiger charge is -2.16. The third kappa shape index (κ3) is 6.35. The van der Waals surface area contributed by atoms with Crippen LogP contribution in [0.15, 0.2) is 72.6 Å². The summed E-state index contributed by atoms with van der Waals surface area (Å²) in [5, 5.41) is 3.02. The Bertz CT molecular complexity index is 757. The molecule has 0 fully saturated rings. The maximum Gasteiger partial charge on any atom is 0.292 e. The number of para-hydroxylation sites is 1. The summed E-state index contributed by atoms with van der Waals surface area (Å²) in [4.78, 5) is 0. The first kappa shape index (κ1) is 19.2. The lowest BCUT2D eigenvalue weighted by atomic mass is 10.2. The molecule has 0 aliphatic heterocycles. The first-order valence-corrected chi connectivity index (χ1v) is 9.88. The predicted octanol–water partition coefficient (Wildman–Crippen LogP) is 5.24. The highest BCUT2D eigenvalue weighted by Gasteiger charge is 2.18. The quantitative estimate of drug-likeness (QED) is 0.492. The van der Waals surface area contributed by atoms with Crippen LogP contribution in [0.4, 0.5) is 0 Å². The number of hydrogen-bond donors (Lipinski definition) is 1. The first-order chi connectivity index (χ1) is 12.2. The molecule has 2 rings (SSSR count). The van der Waals surface area contributed by atoms with Crippen molar-refractivity contribution in [1.29, 1.82) is 0 Å². The summed E-state index contributed by atoms with van der Waals surface area (Å²) < 4.78 is 23.7. The van der Waals surface area contributed by atoms with Crippen molar-refractivity contribution in [3.63, 3.8) is 0 Å². The number of hydrogen-bond acceptors (Lipinski definition) is 3. The average Bonchev–Trinajstić information content (AvgIpc) is 2.65. The van der Waals surface area contributed by atoms with Crippen molar-refractivity contribution in [2.75, 3.05) is 13.7 Å². The summed E-state index contributed by atoms with van der Waals surface area (Å²) in [6.07, 6.45) is 5.55. The minimum absolute atomic E-state index is 0.364. The summed E-state index contributed by atoms with van der Waals surface area (Å²) in [7, 11) is -1.45. The van der Waals surface area contributed by atoms with E-state index in [-0.39, 0.29) is 0 Å². The van der Waals surface area contributed by atoms with Crippen molar-refractivity contribution in [3.8, 4) is 5.75 Å². The summed E-state index contributed by atoms with van der Waals surface area (Å²) >= 11 is 0. The molecule has 0 amide bonds. The standard InChI is InChI=1S/C20H24NO3P/c1-3-24-25(22,16-10-9-13-18-11-5-4-6-12-18)21-17-19-14-7-8-15-20(19)23-2/h4-16H,3,17H2,1-2H3,(H,21,22)/b13-9+,16-10+. The molecule has 1 atom stereocenters.